The molecule has 0 aromatic heterocycles. The third-order valence-electron chi connectivity index (χ3n) is 4.56. The zero-order valence-electron chi connectivity index (χ0n) is 17.2. The second-order valence-corrected chi connectivity index (χ2v) is 8.63. The summed E-state index contributed by atoms with van der Waals surface area (Å²) in [4.78, 5) is 49.2. The molecule has 0 saturated carbocycles. The minimum absolute atomic E-state index is 0.0135. The molecule has 2 rings (SSSR count). The SMILES string of the molecule is CC(C)C[C@@H](CSCC(=O)O)NC(=O)[C@H]1CCC(=O)N1C(=O)OCc1ccccc1. The molecule has 0 spiro atoms. The number of ether oxygens (including phenoxy) is 1. The number of amides is 3. The Kier molecular flexibility index (Phi) is 9.16. The molecule has 0 radical (unpaired) electrons. The Bertz CT molecular complexity index is 755. The van der Waals surface area contributed by atoms with Crippen molar-refractivity contribution >= 4 is 35.6 Å². The van der Waals surface area contributed by atoms with Crippen LogP contribution in [0, 0.1) is 5.92 Å². The highest BCUT2D eigenvalue weighted by atomic mass is 32.2. The number of hydrogen-bond donors (Lipinski definition) is 2. The first kappa shape index (κ1) is 23.7. The van der Waals surface area contributed by atoms with Crippen molar-refractivity contribution in [3.8, 4) is 0 Å². The van der Waals surface area contributed by atoms with Crippen molar-refractivity contribution in [3.63, 3.8) is 0 Å². The number of imide groups is 1. The van der Waals surface area contributed by atoms with Crippen LogP contribution in [0.2, 0.25) is 0 Å². The van der Waals surface area contributed by atoms with Gasteiger partial charge in [0.1, 0.15) is 12.6 Å². The molecular formula is C21H28N2O6S. The smallest absolute Gasteiger partial charge is 0.417 e. The number of hydrogen-bond acceptors (Lipinski definition) is 6. The number of thioether (sulfide) groups is 1. The van der Waals surface area contributed by atoms with Crippen LogP contribution in [0.4, 0.5) is 4.79 Å². The van der Waals surface area contributed by atoms with E-state index in [-0.39, 0.29) is 37.2 Å². The van der Waals surface area contributed by atoms with Crippen molar-refractivity contribution in [1.29, 1.82) is 0 Å². The normalized spacial score (nSPS) is 17.1. The Morgan fingerprint density at radius 1 is 1.27 bits per heavy atom. The monoisotopic (exact) mass is 436 g/mol. The molecular weight excluding hydrogens is 408 g/mol. The summed E-state index contributed by atoms with van der Waals surface area (Å²) in [5.41, 5.74) is 0.783. The number of likely N-dealkylation sites (tertiary alicyclic amines) is 1. The lowest BCUT2D eigenvalue weighted by Crippen LogP contribution is -2.51. The molecule has 0 unspecified atom stereocenters. The standard InChI is InChI=1S/C21H28N2O6S/c1-14(2)10-16(12-30-13-19(25)26)22-20(27)17-8-9-18(24)23(17)21(28)29-11-15-6-4-3-5-7-15/h3-7,14,16-17H,8-13H2,1-2H3,(H,22,27)(H,25,26)/t16-,17+/m0/s1. The average Bonchev–Trinajstić information content (AvgIpc) is 3.07. The molecule has 1 heterocycles. The van der Waals surface area contributed by atoms with Crippen LogP contribution in [0.3, 0.4) is 0 Å². The van der Waals surface area contributed by atoms with Gasteiger partial charge in [-0.05, 0) is 24.3 Å². The highest BCUT2D eigenvalue weighted by Gasteiger charge is 2.41. The van der Waals surface area contributed by atoms with Gasteiger partial charge in [0.25, 0.3) is 0 Å². The molecule has 2 N–H and O–H groups in total. The molecule has 9 heteroatoms. The number of benzene rings is 1. The Morgan fingerprint density at radius 2 is 1.97 bits per heavy atom. The number of rotatable bonds is 10. The minimum Gasteiger partial charge on any atom is -0.481 e. The van der Waals surface area contributed by atoms with E-state index in [0.717, 1.165) is 10.5 Å². The van der Waals surface area contributed by atoms with Crippen LogP contribution in [0.15, 0.2) is 30.3 Å². The van der Waals surface area contributed by atoms with Gasteiger partial charge in [0, 0.05) is 18.2 Å². The Labute approximate surface area is 180 Å². The molecule has 8 nitrogen and oxygen atoms in total. The van der Waals surface area contributed by atoms with Gasteiger partial charge in [-0.15, -0.1) is 11.8 Å². The Hall–Kier alpha value is -2.55. The third-order valence-corrected chi connectivity index (χ3v) is 5.65. The van der Waals surface area contributed by atoms with E-state index in [4.69, 9.17) is 9.84 Å². The van der Waals surface area contributed by atoms with E-state index in [2.05, 4.69) is 5.32 Å². The Balaban J connectivity index is 1.97. The fourth-order valence-corrected chi connectivity index (χ4v) is 4.07. The van der Waals surface area contributed by atoms with E-state index in [1.165, 1.54) is 11.8 Å². The van der Waals surface area contributed by atoms with E-state index >= 15 is 0 Å². The summed E-state index contributed by atoms with van der Waals surface area (Å²) in [5, 5.41) is 11.7. The van der Waals surface area contributed by atoms with E-state index < -0.39 is 29.9 Å². The first-order chi connectivity index (χ1) is 14.3. The third kappa shape index (κ3) is 7.37. The van der Waals surface area contributed by atoms with Gasteiger partial charge in [0.05, 0.1) is 5.75 Å². The molecule has 1 saturated heterocycles. The van der Waals surface area contributed by atoms with Gasteiger partial charge < -0.3 is 15.2 Å². The van der Waals surface area contributed by atoms with E-state index in [1.807, 2.05) is 32.0 Å². The molecule has 1 aromatic carbocycles. The van der Waals surface area contributed by atoms with Gasteiger partial charge in [-0.1, -0.05) is 44.2 Å². The van der Waals surface area contributed by atoms with Gasteiger partial charge in [0.15, 0.2) is 0 Å². The number of aliphatic carboxylic acids is 1. The van der Waals surface area contributed by atoms with E-state index in [9.17, 15) is 19.2 Å². The zero-order valence-corrected chi connectivity index (χ0v) is 18.0. The second kappa shape index (κ2) is 11.6. The van der Waals surface area contributed by atoms with Crippen LogP contribution in [-0.4, -0.2) is 57.5 Å². The number of carboxylic acid groups (broad SMARTS) is 1. The van der Waals surface area contributed by atoms with Crippen molar-refractivity contribution in [2.75, 3.05) is 11.5 Å². The summed E-state index contributed by atoms with van der Waals surface area (Å²) in [7, 11) is 0. The van der Waals surface area contributed by atoms with Gasteiger partial charge in [-0.2, -0.15) is 0 Å². The molecule has 0 bridgehead atoms. The van der Waals surface area contributed by atoms with Crippen LogP contribution in [0.5, 0.6) is 0 Å². The zero-order chi connectivity index (χ0) is 22.1. The fourth-order valence-electron chi connectivity index (χ4n) is 3.27. The van der Waals surface area contributed by atoms with Crippen LogP contribution in [0.1, 0.15) is 38.7 Å². The van der Waals surface area contributed by atoms with Gasteiger partial charge in [-0.3, -0.25) is 14.4 Å². The van der Waals surface area contributed by atoms with Crippen molar-refractivity contribution in [2.24, 2.45) is 5.92 Å². The summed E-state index contributed by atoms with van der Waals surface area (Å²) in [6.07, 6.45) is 0.169. The van der Waals surface area contributed by atoms with Crippen molar-refractivity contribution in [2.45, 2.75) is 51.8 Å². The van der Waals surface area contributed by atoms with Crippen molar-refractivity contribution in [3.05, 3.63) is 35.9 Å². The molecule has 1 aliphatic rings. The lowest BCUT2D eigenvalue weighted by atomic mass is 10.0. The summed E-state index contributed by atoms with van der Waals surface area (Å²) in [5.74, 6) is -1.09. The van der Waals surface area contributed by atoms with Crippen LogP contribution < -0.4 is 5.32 Å². The van der Waals surface area contributed by atoms with E-state index in [0.29, 0.717) is 12.2 Å². The second-order valence-electron chi connectivity index (χ2n) is 7.60. The number of carbonyl (C=O) groups is 4. The molecule has 30 heavy (non-hydrogen) atoms. The highest BCUT2D eigenvalue weighted by molar-refractivity contribution is 7.99. The Morgan fingerprint density at radius 3 is 2.60 bits per heavy atom. The molecule has 1 aliphatic heterocycles. The predicted octanol–water partition coefficient (Wildman–Crippen LogP) is 2.66. The molecule has 1 fully saturated rings. The minimum atomic E-state index is -0.917. The maximum atomic E-state index is 12.8. The quantitative estimate of drug-likeness (QED) is 0.580. The fraction of sp³-hybridized carbons (Fsp3) is 0.524. The van der Waals surface area contributed by atoms with Crippen molar-refractivity contribution < 1.29 is 29.0 Å². The summed E-state index contributed by atoms with van der Waals surface area (Å²) < 4.78 is 5.24. The maximum Gasteiger partial charge on any atom is 0.417 e. The predicted molar refractivity (Wildman–Crippen MR) is 113 cm³/mol. The summed E-state index contributed by atoms with van der Waals surface area (Å²) >= 11 is 1.22. The van der Waals surface area contributed by atoms with Gasteiger partial charge in [-0.25, -0.2) is 9.69 Å². The largest absolute Gasteiger partial charge is 0.481 e. The number of nitrogens with one attached hydrogen (secondary N) is 1. The lowest BCUT2D eigenvalue weighted by molar-refractivity contribution is -0.134. The highest BCUT2D eigenvalue weighted by Crippen LogP contribution is 2.21. The number of carboxylic acids is 1. The van der Waals surface area contributed by atoms with Crippen LogP contribution in [-0.2, 0) is 25.7 Å². The van der Waals surface area contributed by atoms with Crippen LogP contribution >= 0.6 is 11.8 Å². The molecule has 164 valence electrons. The first-order valence-electron chi connectivity index (χ1n) is 9.90. The van der Waals surface area contributed by atoms with Crippen molar-refractivity contribution in [1.82, 2.24) is 10.2 Å². The number of nitrogens with zero attached hydrogens (tertiary/aromatic N) is 1. The molecule has 1 aromatic rings. The summed E-state index contributed by atoms with van der Waals surface area (Å²) in [6.45, 7) is 4.03. The number of carbonyl (C=O) groups excluding carboxylic acids is 3. The van der Waals surface area contributed by atoms with Gasteiger partial charge >= 0.3 is 12.1 Å². The van der Waals surface area contributed by atoms with Crippen LogP contribution in [0.25, 0.3) is 0 Å². The first-order valence-corrected chi connectivity index (χ1v) is 11.1. The van der Waals surface area contributed by atoms with Gasteiger partial charge in [0.2, 0.25) is 11.8 Å². The molecule has 2 atom stereocenters. The molecule has 0 aliphatic carbocycles. The van der Waals surface area contributed by atoms with E-state index in [1.54, 1.807) is 12.1 Å². The topological polar surface area (TPSA) is 113 Å². The average molecular weight is 437 g/mol. The molecule has 3 amide bonds. The maximum absolute atomic E-state index is 12.8. The summed E-state index contributed by atoms with van der Waals surface area (Å²) in [6, 6.07) is 7.91. The lowest BCUT2D eigenvalue weighted by Gasteiger charge is -2.25.